The molecule has 7 nitrogen and oxygen atoms in total. The molecule has 4 rings (SSSR count). The lowest BCUT2D eigenvalue weighted by Gasteiger charge is -2.31. The predicted molar refractivity (Wildman–Crippen MR) is 119 cm³/mol. The van der Waals surface area contributed by atoms with E-state index in [1.54, 1.807) is 45.2 Å². The van der Waals surface area contributed by atoms with Crippen LogP contribution in [-0.4, -0.2) is 47.3 Å². The maximum atomic E-state index is 12.6. The van der Waals surface area contributed by atoms with Crippen molar-refractivity contribution < 1.29 is 14.6 Å². The lowest BCUT2D eigenvalue weighted by Crippen LogP contribution is -2.37. The van der Waals surface area contributed by atoms with Crippen LogP contribution < -0.4 is 10.2 Å². The summed E-state index contributed by atoms with van der Waals surface area (Å²) in [6.07, 6.45) is 2.31. The summed E-state index contributed by atoms with van der Waals surface area (Å²) in [7, 11) is 1.76. The first kappa shape index (κ1) is 20.7. The van der Waals surface area contributed by atoms with E-state index in [9.17, 15) is 9.90 Å². The first-order valence-electron chi connectivity index (χ1n) is 10.0. The Morgan fingerprint density at radius 2 is 1.87 bits per heavy atom. The van der Waals surface area contributed by atoms with E-state index >= 15 is 0 Å². The van der Waals surface area contributed by atoms with Gasteiger partial charge in [0.1, 0.15) is 16.2 Å². The molecule has 0 unspecified atom stereocenters. The number of ether oxygens (including phenoxy) is 1. The molecular weight excluding hydrogens is 400 g/mol. The van der Waals surface area contributed by atoms with Crippen molar-refractivity contribution in [2.45, 2.75) is 38.4 Å². The number of hydrogen-bond donors (Lipinski definition) is 2. The molecule has 1 saturated heterocycles. The molecule has 8 heteroatoms. The Bertz CT molecular complexity index is 1030. The van der Waals surface area contributed by atoms with Crippen LogP contribution in [-0.2, 0) is 10.3 Å². The van der Waals surface area contributed by atoms with Crippen LogP contribution >= 0.6 is 11.3 Å². The normalized spacial score (nSPS) is 15.5. The van der Waals surface area contributed by atoms with Crippen molar-refractivity contribution in [1.29, 1.82) is 0 Å². The van der Waals surface area contributed by atoms with E-state index < -0.39 is 5.60 Å². The molecule has 1 fully saturated rings. The van der Waals surface area contributed by atoms with E-state index in [0.29, 0.717) is 16.8 Å². The Kier molecular flexibility index (Phi) is 5.73. The molecule has 0 aliphatic carbocycles. The maximum absolute atomic E-state index is 12.6. The highest BCUT2D eigenvalue weighted by Gasteiger charge is 2.21. The van der Waals surface area contributed by atoms with Crippen LogP contribution in [0.25, 0.3) is 10.3 Å². The lowest BCUT2D eigenvalue weighted by molar-refractivity contribution is 0.0784. The van der Waals surface area contributed by atoms with Crippen LogP contribution in [0.2, 0.25) is 0 Å². The number of nitrogens with one attached hydrogen (secondary N) is 1. The second-order valence-electron chi connectivity index (χ2n) is 8.03. The molecule has 0 spiro atoms. The molecule has 1 aliphatic rings. The zero-order valence-electron chi connectivity index (χ0n) is 17.4. The number of amides is 1. The highest BCUT2D eigenvalue weighted by molar-refractivity contribution is 7.22. The van der Waals surface area contributed by atoms with Crippen LogP contribution in [0.4, 0.5) is 10.9 Å². The second-order valence-corrected chi connectivity index (χ2v) is 9.00. The molecule has 3 heterocycles. The summed E-state index contributed by atoms with van der Waals surface area (Å²) in [5.74, 6) is 0.694. The van der Waals surface area contributed by atoms with Gasteiger partial charge in [-0.1, -0.05) is 23.5 Å². The summed E-state index contributed by atoms with van der Waals surface area (Å²) in [5.41, 5.74) is 1.09. The summed E-state index contributed by atoms with van der Waals surface area (Å²) in [6, 6.07) is 10.9. The number of piperidine rings is 1. The van der Waals surface area contributed by atoms with Crippen LogP contribution in [0, 0.1) is 0 Å². The number of fused-ring (bicyclic) bond motifs is 1. The highest BCUT2D eigenvalue weighted by atomic mass is 32.1. The van der Waals surface area contributed by atoms with Crippen molar-refractivity contribution in [2.24, 2.45) is 0 Å². The quantitative estimate of drug-likeness (QED) is 0.646. The Labute approximate surface area is 179 Å². The van der Waals surface area contributed by atoms with E-state index in [1.807, 2.05) is 12.1 Å². The van der Waals surface area contributed by atoms with Crippen molar-refractivity contribution in [2.75, 3.05) is 30.4 Å². The van der Waals surface area contributed by atoms with Crippen LogP contribution in [0.3, 0.4) is 0 Å². The molecule has 0 saturated carbocycles. The maximum Gasteiger partial charge on any atom is 0.257 e. The molecule has 0 radical (unpaired) electrons. The zero-order valence-corrected chi connectivity index (χ0v) is 18.2. The largest absolute Gasteiger partial charge is 0.386 e. The fraction of sp³-hybridized carbons (Fsp3) is 0.409. The number of nitrogens with zero attached hydrogens (tertiary/aromatic N) is 3. The van der Waals surface area contributed by atoms with E-state index in [-0.39, 0.29) is 5.91 Å². The van der Waals surface area contributed by atoms with Gasteiger partial charge in [-0.15, -0.1) is 0 Å². The first-order chi connectivity index (χ1) is 14.3. The summed E-state index contributed by atoms with van der Waals surface area (Å²) in [6.45, 7) is 5.26. The van der Waals surface area contributed by atoms with Crippen molar-refractivity contribution >= 4 is 38.5 Å². The minimum atomic E-state index is -0.940. The van der Waals surface area contributed by atoms with Crippen molar-refractivity contribution in [1.82, 2.24) is 9.97 Å². The summed E-state index contributed by atoms with van der Waals surface area (Å²) in [5, 5.41) is 13.4. The third-order valence-corrected chi connectivity index (χ3v) is 6.29. The fourth-order valence-electron chi connectivity index (χ4n) is 3.56. The van der Waals surface area contributed by atoms with Gasteiger partial charge in [0.15, 0.2) is 5.13 Å². The number of carbonyl (C=O) groups is 1. The number of benzene rings is 1. The number of pyridine rings is 1. The third kappa shape index (κ3) is 4.45. The molecular formula is C22H26N4O3S. The number of aromatic nitrogens is 2. The zero-order chi connectivity index (χ0) is 21.3. The van der Waals surface area contributed by atoms with Gasteiger partial charge in [0.05, 0.1) is 11.7 Å². The first-order valence-corrected chi connectivity index (χ1v) is 10.8. The van der Waals surface area contributed by atoms with E-state index in [1.165, 1.54) is 11.3 Å². The van der Waals surface area contributed by atoms with Gasteiger partial charge in [0.25, 0.3) is 5.91 Å². The monoisotopic (exact) mass is 426 g/mol. The molecule has 30 heavy (non-hydrogen) atoms. The molecule has 0 atom stereocenters. The standard InChI is InChI=1S/C22H26N4O3S/c1-22(2,28)15-6-4-14(5-7-15)19(27)25-21-23-17-8-9-18(24-20(17)30-21)26-12-10-16(29-3)11-13-26/h4-9,16,28H,10-13H2,1-3H3,(H,23,25,27). The highest BCUT2D eigenvalue weighted by Crippen LogP contribution is 2.28. The number of carbonyl (C=O) groups excluding carboxylic acids is 1. The van der Waals surface area contributed by atoms with Crippen molar-refractivity contribution in [3.63, 3.8) is 0 Å². The van der Waals surface area contributed by atoms with E-state index in [2.05, 4.69) is 15.2 Å². The van der Waals surface area contributed by atoms with Crippen LogP contribution in [0.1, 0.15) is 42.6 Å². The van der Waals surface area contributed by atoms with Gasteiger partial charge in [-0.25, -0.2) is 9.97 Å². The van der Waals surface area contributed by atoms with Crippen molar-refractivity contribution in [3.8, 4) is 0 Å². The molecule has 2 N–H and O–H groups in total. The number of anilines is 2. The number of thiazole rings is 1. The Hall–Kier alpha value is -2.55. The number of aliphatic hydroxyl groups is 1. The molecule has 3 aromatic rings. The van der Waals surface area contributed by atoms with Gasteiger partial charge in [-0.3, -0.25) is 10.1 Å². The van der Waals surface area contributed by atoms with Gasteiger partial charge in [-0.2, -0.15) is 0 Å². The SMILES string of the molecule is COC1CCN(c2ccc3nc(NC(=O)c4ccc(C(C)(C)O)cc4)sc3n2)CC1. The molecule has 2 aromatic heterocycles. The van der Waals surface area contributed by atoms with E-state index in [4.69, 9.17) is 9.72 Å². The molecule has 158 valence electrons. The molecule has 1 aromatic carbocycles. The fourth-order valence-corrected chi connectivity index (χ4v) is 4.38. The summed E-state index contributed by atoms with van der Waals surface area (Å²) in [4.78, 5) is 24.9. The van der Waals surface area contributed by atoms with Gasteiger partial charge in [0, 0.05) is 25.8 Å². The smallest absolute Gasteiger partial charge is 0.257 e. The van der Waals surface area contributed by atoms with Gasteiger partial charge < -0.3 is 14.7 Å². The predicted octanol–water partition coefficient (Wildman–Crippen LogP) is 3.79. The van der Waals surface area contributed by atoms with Crippen LogP contribution in [0.5, 0.6) is 0 Å². The van der Waals surface area contributed by atoms with Crippen molar-refractivity contribution in [3.05, 3.63) is 47.5 Å². The van der Waals surface area contributed by atoms with E-state index in [0.717, 1.165) is 47.7 Å². The molecule has 1 amide bonds. The lowest BCUT2D eigenvalue weighted by atomic mass is 9.97. The Balaban J connectivity index is 1.46. The summed E-state index contributed by atoms with van der Waals surface area (Å²) < 4.78 is 5.44. The second kappa shape index (κ2) is 8.29. The van der Waals surface area contributed by atoms with Gasteiger partial charge >= 0.3 is 0 Å². The third-order valence-electron chi connectivity index (χ3n) is 5.41. The number of methoxy groups -OCH3 is 1. The Morgan fingerprint density at radius 1 is 1.17 bits per heavy atom. The number of rotatable bonds is 5. The van der Waals surface area contributed by atoms with Gasteiger partial charge in [0.2, 0.25) is 0 Å². The average molecular weight is 427 g/mol. The number of hydrogen-bond acceptors (Lipinski definition) is 7. The minimum absolute atomic E-state index is 0.238. The van der Waals surface area contributed by atoms with Gasteiger partial charge in [-0.05, 0) is 56.5 Å². The Morgan fingerprint density at radius 3 is 2.50 bits per heavy atom. The minimum Gasteiger partial charge on any atom is -0.386 e. The van der Waals surface area contributed by atoms with Crippen LogP contribution in [0.15, 0.2) is 36.4 Å². The average Bonchev–Trinajstić information content (AvgIpc) is 3.14. The summed E-state index contributed by atoms with van der Waals surface area (Å²) >= 11 is 1.37. The molecule has 0 bridgehead atoms. The molecule has 1 aliphatic heterocycles. The topological polar surface area (TPSA) is 87.6 Å².